The molecule has 0 amide bonds. The maximum absolute atomic E-state index is 6.66. The van der Waals surface area contributed by atoms with E-state index in [1.165, 1.54) is 0 Å². The van der Waals surface area contributed by atoms with Crippen molar-refractivity contribution < 1.29 is 28.4 Å². The number of hydrogen-bond donors (Lipinski definition) is 0. The Morgan fingerprint density at radius 3 is 1.15 bits per heavy atom. The Bertz CT molecular complexity index is 1330. The van der Waals surface area contributed by atoms with Crippen LogP contribution in [0.4, 0.5) is 0 Å². The molecule has 6 rings (SSSR count). The molecule has 6 heteroatoms. The predicted molar refractivity (Wildman–Crippen MR) is 155 cm³/mol. The van der Waals surface area contributed by atoms with E-state index in [9.17, 15) is 0 Å². The minimum Gasteiger partial charge on any atom is -0.497 e. The topological polar surface area (TPSA) is 58.7 Å². The third-order valence-corrected chi connectivity index (χ3v) is 7.64. The van der Waals surface area contributed by atoms with E-state index < -0.39 is 12.2 Å². The van der Waals surface area contributed by atoms with Gasteiger partial charge >= 0.3 is 0 Å². The minimum absolute atomic E-state index is 0.128. The van der Waals surface area contributed by atoms with E-state index in [1.807, 2.05) is 78.9 Å². The summed E-state index contributed by atoms with van der Waals surface area (Å²) in [7, 11) is 1.67. The lowest BCUT2D eigenvalue weighted by Crippen LogP contribution is -2.57. The van der Waals surface area contributed by atoms with Crippen molar-refractivity contribution >= 4 is 0 Å². The molecule has 41 heavy (non-hydrogen) atoms. The Labute approximate surface area is 241 Å². The molecule has 1 saturated carbocycles. The second-order valence-corrected chi connectivity index (χ2v) is 10.5. The van der Waals surface area contributed by atoms with Gasteiger partial charge in [0.25, 0.3) is 0 Å². The molecule has 0 radical (unpaired) electrons. The monoisotopic (exact) mass is 552 g/mol. The molecule has 4 aromatic carbocycles. The number of rotatable bonds is 13. The fourth-order valence-electron chi connectivity index (χ4n) is 5.39. The van der Waals surface area contributed by atoms with Crippen molar-refractivity contribution in [3.8, 4) is 5.75 Å². The number of fused-ring (bicyclic) bond motifs is 1. The number of epoxide rings is 1. The van der Waals surface area contributed by atoms with Gasteiger partial charge < -0.3 is 28.4 Å². The van der Waals surface area contributed by atoms with Crippen molar-refractivity contribution in [2.75, 3.05) is 7.11 Å². The van der Waals surface area contributed by atoms with E-state index in [4.69, 9.17) is 28.4 Å². The van der Waals surface area contributed by atoms with Crippen LogP contribution in [0.25, 0.3) is 0 Å². The smallest absolute Gasteiger partial charge is 0.118 e. The van der Waals surface area contributed by atoms with E-state index in [2.05, 4.69) is 36.4 Å². The Kier molecular flexibility index (Phi) is 9.05. The highest BCUT2D eigenvalue weighted by Crippen LogP contribution is 2.44. The van der Waals surface area contributed by atoms with Crippen LogP contribution >= 0.6 is 0 Å². The first-order chi connectivity index (χ1) is 20.3. The Morgan fingerprint density at radius 2 is 0.780 bits per heavy atom. The highest BCUT2D eigenvalue weighted by atomic mass is 16.7. The fourth-order valence-corrected chi connectivity index (χ4v) is 5.39. The van der Waals surface area contributed by atoms with Crippen LogP contribution in [-0.4, -0.2) is 43.7 Å². The maximum Gasteiger partial charge on any atom is 0.118 e. The van der Waals surface area contributed by atoms with Crippen LogP contribution in [0.1, 0.15) is 22.3 Å². The summed E-state index contributed by atoms with van der Waals surface area (Å²) in [6.07, 6.45) is -1.68. The van der Waals surface area contributed by atoms with Gasteiger partial charge in [-0.25, -0.2) is 0 Å². The lowest BCUT2D eigenvalue weighted by Gasteiger charge is -2.40. The van der Waals surface area contributed by atoms with Crippen molar-refractivity contribution in [1.29, 1.82) is 0 Å². The molecule has 0 spiro atoms. The predicted octanol–water partition coefficient (Wildman–Crippen LogP) is 6.12. The van der Waals surface area contributed by atoms with Crippen LogP contribution in [0.2, 0.25) is 0 Å². The summed E-state index contributed by atoms with van der Waals surface area (Å²) in [5.74, 6) is 0.814. The number of benzene rings is 4. The third kappa shape index (κ3) is 7.04. The molecule has 1 aliphatic heterocycles. The molecule has 2 fully saturated rings. The Morgan fingerprint density at radius 1 is 0.439 bits per heavy atom. The molecule has 212 valence electrons. The molecule has 0 aromatic heterocycles. The van der Waals surface area contributed by atoms with Crippen LogP contribution in [0.5, 0.6) is 5.75 Å². The number of hydrogen-bond acceptors (Lipinski definition) is 6. The zero-order chi connectivity index (χ0) is 27.9. The van der Waals surface area contributed by atoms with E-state index in [0.717, 1.165) is 28.0 Å². The first-order valence-electron chi connectivity index (χ1n) is 14.1. The second kappa shape index (κ2) is 13.4. The van der Waals surface area contributed by atoms with Gasteiger partial charge in [0.15, 0.2) is 0 Å². The quantitative estimate of drug-likeness (QED) is 0.186. The Hall–Kier alpha value is -3.52. The van der Waals surface area contributed by atoms with Crippen LogP contribution in [0, 0.1) is 0 Å². The molecule has 0 N–H and O–H groups in total. The molecule has 1 aliphatic carbocycles. The van der Waals surface area contributed by atoms with E-state index >= 15 is 0 Å². The van der Waals surface area contributed by atoms with E-state index in [0.29, 0.717) is 26.4 Å². The molecule has 4 aromatic rings. The summed E-state index contributed by atoms with van der Waals surface area (Å²) < 4.78 is 38.0. The normalized spacial score (nSPS) is 24.9. The number of methoxy groups -OCH3 is 1. The van der Waals surface area contributed by atoms with Crippen molar-refractivity contribution in [1.82, 2.24) is 0 Å². The van der Waals surface area contributed by atoms with Crippen molar-refractivity contribution in [2.24, 2.45) is 0 Å². The summed E-state index contributed by atoms with van der Waals surface area (Å²) in [5.41, 5.74) is 4.33. The van der Waals surface area contributed by atoms with Crippen LogP contribution in [0.3, 0.4) is 0 Å². The average molecular weight is 553 g/mol. The van der Waals surface area contributed by atoms with Gasteiger partial charge in [0.2, 0.25) is 0 Å². The lowest BCUT2D eigenvalue weighted by atomic mass is 9.88. The largest absolute Gasteiger partial charge is 0.497 e. The van der Waals surface area contributed by atoms with Gasteiger partial charge in [-0.1, -0.05) is 103 Å². The van der Waals surface area contributed by atoms with Gasteiger partial charge in [-0.2, -0.15) is 0 Å². The van der Waals surface area contributed by atoms with Crippen molar-refractivity contribution in [2.45, 2.75) is 63.1 Å². The summed E-state index contributed by atoms with van der Waals surface area (Å²) in [4.78, 5) is 0. The molecule has 1 saturated heterocycles. The zero-order valence-corrected chi connectivity index (χ0v) is 23.2. The Balaban J connectivity index is 1.24. The molecular formula is C35H36O6. The van der Waals surface area contributed by atoms with Gasteiger partial charge in [-0.15, -0.1) is 0 Å². The van der Waals surface area contributed by atoms with Crippen LogP contribution < -0.4 is 4.74 Å². The molecule has 6 atom stereocenters. The molecule has 0 unspecified atom stereocenters. The lowest BCUT2D eigenvalue weighted by molar-refractivity contribution is -0.203. The molecule has 0 bridgehead atoms. The molecule has 2 aliphatic rings. The van der Waals surface area contributed by atoms with Crippen LogP contribution in [-0.2, 0) is 50.1 Å². The average Bonchev–Trinajstić information content (AvgIpc) is 3.83. The first-order valence-corrected chi connectivity index (χ1v) is 14.1. The highest BCUT2D eigenvalue weighted by molar-refractivity contribution is 5.27. The van der Waals surface area contributed by atoms with Crippen molar-refractivity contribution in [3.05, 3.63) is 138 Å². The molecular weight excluding hydrogens is 516 g/mol. The van der Waals surface area contributed by atoms with Crippen molar-refractivity contribution in [3.63, 3.8) is 0 Å². The summed E-state index contributed by atoms with van der Waals surface area (Å²) in [6, 6.07) is 38.5. The van der Waals surface area contributed by atoms with Gasteiger partial charge in [0, 0.05) is 0 Å². The third-order valence-electron chi connectivity index (χ3n) is 7.64. The minimum atomic E-state index is -0.401. The standard InChI is InChI=1S/C35H36O6/c1-36-29-19-17-28(18-20-29)24-40-33-31(38-22-26-13-7-3-8-14-26)30(37-21-25-11-5-2-6-12-25)32(34-35(33)41-34)39-23-27-15-9-4-10-16-27/h2-20,30-35H,21-24H2,1H3/t30-,31-,32+,33+,34-,35+/m1/s1. The summed E-state index contributed by atoms with van der Waals surface area (Å²) >= 11 is 0. The van der Waals surface area contributed by atoms with E-state index in [-0.39, 0.29) is 24.4 Å². The van der Waals surface area contributed by atoms with E-state index in [1.54, 1.807) is 7.11 Å². The molecule has 1 heterocycles. The number of ether oxygens (including phenoxy) is 6. The second-order valence-electron chi connectivity index (χ2n) is 10.5. The van der Waals surface area contributed by atoms with Gasteiger partial charge in [0.1, 0.15) is 42.4 Å². The summed E-state index contributed by atoms with van der Waals surface area (Å²) in [6.45, 7) is 1.76. The van der Waals surface area contributed by atoms with Gasteiger partial charge in [-0.05, 0) is 34.4 Å². The SMILES string of the molecule is COc1ccc(CO[C@H]2[C@H](OCc3ccccc3)[C@@H](OCc3ccccc3)[C@H](OCc3ccccc3)[C@H]3O[C@@H]23)cc1. The zero-order valence-electron chi connectivity index (χ0n) is 23.2. The fraction of sp³-hybridized carbons (Fsp3) is 0.314. The maximum atomic E-state index is 6.66. The molecule has 6 nitrogen and oxygen atoms in total. The van der Waals surface area contributed by atoms with Gasteiger partial charge in [-0.3, -0.25) is 0 Å². The summed E-state index contributed by atoms with van der Waals surface area (Å²) in [5, 5.41) is 0. The van der Waals surface area contributed by atoms with Gasteiger partial charge in [0.05, 0.1) is 33.5 Å². The van der Waals surface area contributed by atoms with Crippen LogP contribution in [0.15, 0.2) is 115 Å². The highest BCUT2D eigenvalue weighted by Gasteiger charge is 2.63. The first kappa shape index (κ1) is 27.6.